The van der Waals surface area contributed by atoms with Gasteiger partial charge in [-0.15, -0.1) is 0 Å². The Kier molecular flexibility index (Phi) is 4.98. The topological polar surface area (TPSA) is 55.8 Å². The van der Waals surface area contributed by atoms with Gasteiger partial charge in [-0.1, -0.05) is 11.6 Å². The Morgan fingerprint density at radius 3 is 2.60 bits per heavy atom. The molecule has 5 heteroatoms. The van der Waals surface area contributed by atoms with Gasteiger partial charge >= 0.3 is 0 Å². The molecule has 20 heavy (non-hydrogen) atoms. The first-order valence-corrected chi connectivity index (χ1v) is 7.06. The minimum atomic E-state index is 0.0849. The zero-order chi connectivity index (χ0) is 14.5. The van der Waals surface area contributed by atoms with Crippen molar-refractivity contribution in [1.82, 2.24) is 9.80 Å². The van der Waals surface area contributed by atoms with Gasteiger partial charge in [-0.3, -0.25) is 9.69 Å². The molecule has 2 N–H and O–H groups in total. The van der Waals surface area contributed by atoms with Crippen LogP contribution in [0.4, 0.5) is 5.69 Å². The molecule has 1 aliphatic rings. The Morgan fingerprint density at radius 2 is 2.00 bits per heavy atom. The Morgan fingerprint density at radius 1 is 1.30 bits per heavy atom. The zero-order valence-corrected chi connectivity index (χ0v) is 12.2. The van der Waals surface area contributed by atoms with Gasteiger partial charge in [-0.25, -0.2) is 0 Å². The number of rotatable bonds is 4. The van der Waals surface area contributed by atoms with E-state index in [0.717, 1.165) is 43.0 Å². The number of aliphatic hydroxyl groups excluding tert-OH is 1. The van der Waals surface area contributed by atoms with Gasteiger partial charge in [0.2, 0.25) is 0 Å². The summed E-state index contributed by atoms with van der Waals surface area (Å²) in [4.78, 5) is 16.7. The molecule has 0 atom stereocenters. The molecule has 0 saturated carbocycles. The van der Waals surface area contributed by atoms with E-state index in [1.807, 2.05) is 37.1 Å². The van der Waals surface area contributed by atoms with Crippen LogP contribution in [0.3, 0.4) is 0 Å². The van der Waals surface area contributed by atoms with Gasteiger partial charge in [-0.05, 0) is 19.1 Å². The first-order chi connectivity index (χ1) is 9.65. The Hall–Kier alpha value is -1.59. The number of hydrogen-bond acceptors (Lipinski definition) is 4. The molecule has 0 spiro atoms. The highest BCUT2D eigenvalue weighted by Gasteiger charge is 2.23. The van der Waals surface area contributed by atoms with Crippen molar-refractivity contribution in [3.63, 3.8) is 0 Å². The van der Waals surface area contributed by atoms with E-state index < -0.39 is 0 Å². The van der Waals surface area contributed by atoms with Crippen LogP contribution in [0.1, 0.15) is 15.9 Å². The second-order valence-corrected chi connectivity index (χ2v) is 5.16. The molecule has 5 nitrogen and oxygen atoms in total. The molecule has 110 valence electrons. The Bertz CT molecular complexity index is 468. The maximum atomic E-state index is 12.6. The third kappa shape index (κ3) is 3.29. The fraction of sp³-hybridized carbons (Fsp3) is 0.533. The van der Waals surface area contributed by atoms with Crippen molar-refractivity contribution in [1.29, 1.82) is 0 Å². The fourth-order valence-electron chi connectivity index (χ4n) is 2.54. The van der Waals surface area contributed by atoms with Crippen LogP contribution in [0, 0.1) is 6.92 Å². The van der Waals surface area contributed by atoms with E-state index in [2.05, 4.69) is 10.2 Å². The number of carbonyl (C=O) groups is 1. The van der Waals surface area contributed by atoms with Crippen molar-refractivity contribution in [2.75, 3.05) is 51.7 Å². The van der Waals surface area contributed by atoms with Crippen molar-refractivity contribution in [2.45, 2.75) is 6.92 Å². The SMILES string of the molecule is CNc1ccc(C)cc1C(=O)N1CCN(CCO)CC1. The van der Waals surface area contributed by atoms with Crippen molar-refractivity contribution >= 4 is 11.6 Å². The third-order valence-corrected chi connectivity index (χ3v) is 3.75. The molecule has 1 aromatic rings. The predicted octanol–water partition coefficient (Wildman–Crippen LogP) is 0.787. The number of β-amino-alcohol motifs (C(OH)–C–C–N with tert-alkyl or cyclic N) is 1. The largest absolute Gasteiger partial charge is 0.395 e. The lowest BCUT2D eigenvalue weighted by molar-refractivity contribution is 0.0616. The number of aliphatic hydroxyl groups is 1. The van der Waals surface area contributed by atoms with Gasteiger partial charge in [-0.2, -0.15) is 0 Å². The monoisotopic (exact) mass is 277 g/mol. The number of benzene rings is 1. The fourth-order valence-corrected chi connectivity index (χ4v) is 2.54. The van der Waals surface area contributed by atoms with E-state index >= 15 is 0 Å². The van der Waals surface area contributed by atoms with Crippen molar-refractivity contribution in [3.05, 3.63) is 29.3 Å². The van der Waals surface area contributed by atoms with E-state index in [9.17, 15) is 4.79 Å². The quantitative estimate of drug-likeness (QED) is 0.854. The maximum Gasteiger partial charge on any atom is 0.256 e. The van der Waals surface area contributed by atoms with Crippen LogP contribution in [-0.2, 0) is 0 Å². The summed E-state index contributed by atoms with van der Waals surface area (Å²) in [6.45, 7) is 5.95. The number of nitrogens with zero attached hydrogens (tertiary/aromatic N) is 2. The molecule has 0 bridgehead atoms. The predicted molar refractivity (Wildman–Crippen MR) is 80.2 cm³/mol. The molecule has 1 amide bonds. The average molecular weight is 277 g/mol. The number of nitrogens with one attached hydrogen (secondary N) is 1. The number of anilines is 1. The summed E-state index contributed by atoms with van der Waals surface area (Å²) >= 11 is 0. The average Bonchev–Trinajstić information content (AvgIpc) is 2.47. The molecule has 1 aromatic carbocycles. The maximum absolute atomic E-state index is 12.6. The molecule has 0 unspecified atom stereocenters. The molecule has 1 saturated heterocycles. The minimum absolute atomic E-state index is 0.0849. The summed E-state index contributed by atoms with van der Waals surface area (Å²) < 4.78 is 0. The van der Waals surface area contributed by atoms with Gasteiger partial charge in [0, 0.05) is 45.5 Å². The Balaban J connectivity index is 2.07. The second kappa shape index (κ2) is 6.72. The lowest BCUT2D eigenvalue weighted by Crippen LogP contribution is -2.49. The lowest BCUT2D eigenvalue weighted by atomic mass is 10.1. The summed E-state index contributed by atoms with van der Waals surface area (Å²) in [5, 5.41) is 12.0. The highest BCUT2D eigenvalue weighted by atomic mass is 16.3. The number of amides is 1. The van der Waals surface area contributed by atoms with E-state index in [1.165, 1.54) is 0 Å². The first kappa shape index (κ1) is 14.8. The summed E-state index contributed by atoms with van der Waals surface area (Å²) in [6.07, 6.45) is 0. The van der Waals surface area contributed by atoms with Gasteiger partial charge in [0.1, 0.15) is 0 Å². The van der Waals surface area contributed by atoms with E-state index in [1.54, 1.807) is 0 Å². The van der Waals surface area contributed by atoms with Crippen molar-refractivity contribution in [3.8, 4) is 0 Å². The molecule has 0 radical (unpaired) electrons. The molecule has 1 fully saturated rings. The van der Waals surface area contributed by atoms with Gasteiger partial charge in [0.05, 0.1) is 12.2 Å². The highest BCUT2D eigenvalue weighted by molar-refractivity contribution is 5.99. The zero-order valence-electron chi connectivity index (χ0n) is 12.2. The number of carbonyl (C=O) groups excluding carboxylic acids is 1. The molecule has 1 aliphatic heterocycles. The first-order valence-electron chi connectivity index (χ1n) is 7.06. The minimum Gasteiger partial charge on any atom is -0.395 e. The standard InChI is InChI=1S/C15H23N3O2/c1-12-3-4-14(16-2)13(11-12)15(20)18-7-5-17(6-8-18)9-10-19/h3-4,11,16,19H,5-10H2,1-2H3. The van der Waals surface area contributed by atoms with Crippen molar-refractivity contribution in [2.24, 2.45) is 0 Å². The summed E-state index contributed by atoms with van der Waals surface area (Å²) in [5.41, 5.74) is 2.70. The van der Waals surface area contributed by atoms with Crippen LogP contribution in [-0.4, -0.2) is 67.2 Å². The second-order valence-electron chi connectivity index (χ2n) is 5.16. The van der Waals surface area contributed by atoms with E-state index in [0.29, 0.717) is 6.54 Å². The highest BCUT2D eigenvalue weighted by Crippen LogP contribution is 2.19. The van der Waals surface area contributed by atoms with Gasteiger partial charge in [0.15, 0.2) is 0 Å². The molecule has 1 heterocycles. The van der Waals surface area contributed by atoms with Crippen LogP contribution >= 0.6 is 0 Å². The molecular weight excluding hydrogens is 254 g/mol. The van der Waals surface area contributed by atoms with Crippen LogP contribution in [0.5, 0.6) is 0 Å². The molecule has 0 aromatic heterocycles. The summed E-state index contributed by atoms with van der Waals surface area (Å²) in [5.74, 6) is 0.0849. The molecular formula is C15H23N3O2. The Labute approximate surface area is 120 Å². The summed E-state index contributed by atoms with van der Waals surface area (Å²) in [6, 6.07) is 5.89. The number of hydrogen-bond donors (Lipinski definition) is 2. The van der Waals surface area contributed by atoms with E-state index in [4.69, 9.17) is 5.11 Å². The summed E-state index contributed by atoms with van der Waals surface area (Å²) in [7, 11) is 1.83. The van der Waals surface area contributed by atoms with Crippen LogP contribution in [0.2, 0.25) is 0 Å². The van der Waals surface area contributed by atoms with Crippen LogP contribution in [0.25, 0.3) is 0 Å². The van der Waals surface area contributed by atoms with Crippen LogP contribution < -0.4 is 5.32 Å². The van der Waals surface area contributed by atoms with Crippen molar-refractivity contribution < 1.29 is 9.90 Å². The molecule has 0 aliphatic carbocycles. The number of piperazine rings is 1. The lowest BCUT2D eigenvalue weighted by Gasteiger charge is -2.34. The molecule has 2 rings (SSSR count). The van der Waals surface area contributed by atoms with Gasteiger partial charge < -0.3 is 15.3 Å². The number of aryl methyl sites for hydroxylation is 1. The third-order valence-electron chi connectivity index (χ3n) is 3.75. The van der Waals surface area contributed by atoms with Gasteiger partial charge in [0.25, 0.3) is 5.91 Å². The van der Waals surface area contributed by atoms with Crippen LogP contribution in [0.15, 0.2) is 18.2 Å². The van der Waals surface area contributed by atoms with E-state index in [-0.39, 0.29) is 12.5 Å². The smallest absolute Gasteiger partial charge is 0.256 e. The normalized spacial score (nSPS) is 16.2.